The number of hydrogen-bond acceptors (Lipinski definition) is 3. The van der Waals surface area contributed by atoms with E-state index in [-0.39, 0.29) is 11.5 Å². The predicted molar refractivity (Wildman–Crippen MR) is 133 cm³/mol. The van der Waals surface area contributed by atoms with Crippen LogP contribution in [0.3, 0.4) is 0 Å². The van der Waals surface area contributed by atoms with Gasteiger partial charge in [-0.15, -0.1) is 0 Å². The number of carbonyl (C=O) groups is 1. The summed E-state index contributed by atoms with van der Waals surface area (Å²) in [5, 5.41) is 6.69. The van der Waals surface area contributed by atoms with Crippen LogP contribution in [0.25, 0.3) is 0 Å². The van der Waals surface area contributed by atoms with Gasteiger partial charge in [-0.05, 0) is 70.4 Å². The minimum absolute atomic E-state index is 0.0149. The molecule has 32 heavy (non-hydrogen) atoms. The Kier molecular flexibility index (Phi) is 9.12. The Labute approximate surface area is 193 Å². The summed E-state index contributed by atoms with van der Waals surface area (Å²) in [4.78, 5) is 18.5. The molecule has 0 aromatic heterocycles. The molecule has 0 saturated carbocycles. The first-order valence-electron chi connectivity index (χ1n) is 11.2. The van der Waals surface area contributed by atoms with Crippen LogP contribution in [0, 0.1) is 6.92 Å². The predicted octanol–water partition coefficient (Wildman–Crippen LogP) is 4.17. The highest BCUT2D eigenvalue weighted by Gasteiger charge is 2.15. The normalized spacial score (nSPS) is 11.8. The number of guanidine groups is 1. The van der Waals surface area contributed by atoms with E-state index in [0.29, 0.717) is 18.7 Å². The fourth-order valence-electron chi connectivity index (χ4n) is 3.17. The van der Waals surface area contributed by atoms with E-state index >= 15 is 0 Å². The smallest absolute Gasteiger partial charge is 0.253 e. The second-order valence-electron chi connectivity index (χ2n) is 9.10. The van der Waals surface area contributed by atoms with E-state index < -0.39 is 0 Å². The van der Waals surface area contributed by atoms with Gasteiger partial charge in [-0.25, -0.2) is 4.99 Å². The number of nitrogens with one attached hydrogen (secondary N) is 2. The molecule has 0 fully saturated rings. The zero-order valence-corrected chi connectivity index (χ0v) is 20.6. The summed E-state index contributed by atoms with van der Waals surface area (Å²) in [5.41, 5.74) is 3.77. The molecule has 6 nitrogen and oxygen atoms in total. The molecule has 1 amide bonds. The van der Waals surface area contributed by atoms with Gasteiger partial charge in [0, 0.05) is 38.3 Å². The van der Waals surface area contributed by atoms with Crippen LogP contribution in [-0.2, 0) is 13.0 Å². The quantitative estimate of drug-likeness (QED) is 0.480. The topological polar surface area (TPSA) is 66.0 Å². The standard InChI is InChI=1S/C26H38N4O2/c1-8-27-25(28-15-14-20-10-9-11-21(17-20)24(31)30(6)7)29-18-22-13-12-19(2)16-23(22)32-26(3,4)5/h9-13,16-17H,8,14-15,18H2,1-7H3,(H2,27,28,29). The first-order valence-corrected chi connectivity index (χ1v) is 11.2. The highest BCUT2D eigenvalue weighted by atomic mass is 16.5. The van der Waals surface area contributed by atoms with Gasteiger partial charge in [0.25, 0.3) is 5.91 Å². The van der Waals surface area contributed by atoms with E-state index in [2.05, 4.69) is 56.5 Å². The van der Waals surface area contributed by atoms with Crippen LogP contribution >= 0.6 is 0 Å². The Morgan fingerprint density at radius 2 is 1.84 bits per heavy atom. The number of aliphatic imine (C=N–C) groups is 1. The minimum atomic E-state index is -0.266. The van der Waals surface area contributed by atoms with Crippen LogP contribution < -0.4 is 15.4 Å². The zero-order valence-electron chi connectivity index (χ0n) is 20.6. The summed E-state index contributed by atoms with van der Waals surface area (Å²) >= 11 is 0. The lowest BCUT2D eigenvalue weighted by Gasteiger charge is -2.23. The summed E-state index contributed by atoms with van der Waals surface area (Å²) < 4.78 is 6.15. The molecule has 2 aromatic rings. The van der Waals surface area contributed by atoms with E-state index in [1.807, 2.05) is 31.2 Å². The number of carbonyl (C=O) groups excluding carboxylic acids is 1. The molecule has 2 aromatic carbocycles. The maximum atomic E-state index is 12.2. The molecule has 6 heteroatoms. The number of rotatable bonds is 8. The lowest BCUT2D eigenvalue weighted by Crippen LogP contribution is -2.38. The highest BCUT2D eigenvalue weighted by Crippen LogP contribution is 2.25. The van der Waals surface area contributed by atoms with Gasteiger partial charge in [-0.2, -0.15) is 0 Å². The van der Waals surface area contributed by atoms with Gasteiger partial charge in [-0.1, -0.05) is 24.3 Å². The molecule has 0 saturated heterocycles. The van der Waals surface area contributed by atoms with Crippen molar-refractivity contribution in [2.75, 3.05) is 27.2 Å². The van der Waals surface area contributed by atoms with Crippen LogP contribution in [0.1, 0.15) is 54.7 Å². The van der Waals surface area contributed by atoms with Gasteiger partial charge >= 0.3 is 0 Å². The number of aryl methyl sites for hydroxylation is 1. The summed E-state index contributed by atoms with van der Waals surface area (Å²) in [6, 6.07) is 14.0. The Morgan fingerprint density at radius 1 is 1.09 bits per heavy atom. The summed E-state index contributed by atoms with van der Waals surface area (Å²) in [7, 11) is 3.53. The van der Waals surface area contributed by atoms with Crippen molar-refractivity contribution in [3.8, 4) is 5.75 Å². The molecule has 2 rings (SSSR count). The van der Waals surface area contributed by atoms with Crippen LogP contribution in [0.15, 0.2) is 47.5 Å². The van der Waals surface area contributed by atoms with Crippen molar-refractivity contribution in [2.45, 2.75) is 53.2 Å². The molecule has 0 heterocycles. The van der Waals surface area contributed by atoms with Crippen molar-refractivity contribution in [3.05, 3.63) is 64.7 Å². The summed E-state index contributed by atoms with van der Waals surface area (Å²) in [6.45, 7) is 12.3. The molecule has 0 atom stereocenters. The van der Waals surface area contributed by atoms with Gasteiger partial charge in [0.2, 0.25) is 0 Å². The monoisotopic (exact) mass is 438 g/mol. The van der Waals surface area contributed by atoms with E-state index in [0.717, 1.165) is 41.4 Å². The molecule has 0 radical (unpaired) electrons. The Bertz CT molecular complexity index is 930. The number of nitrogens with zero attached hydrogens (tertiary/aromatic N) is 2. The Balaban J connectivity index is 2.04. The largest absolute Gasteiger partial charge is 0.488 e. The fraction of sp³-hybridized carbons (Fsp3) is 0.462. The van der Waals surface area contributed by atoms with Crippen molar-refractivity contribution in [1.29, 1.82) is 0 Å². The molecular formula is C26H38N4O2. The third-order valence-electron chi connectivity index (χ3n) is 4.68. The summed E-state index contributed by atoms with van der Waals surface area (Å²) in [6.07, 6.45) is 0.794. The fourth-order valence-corrected chi connectivity index (χ4v) is 3.17. The van der Waals surface area contributed by atoms with E-state index in [1.54, 1.807) is 19.0 Å². The second kappa shape index (κ2) is 11.6. The lowest BCUT2D eigenvalue weighted by molar-refractivity contribution is 0.0827. The van der Waals surface area contributed by atoms with Crippen LogP contribution in [0.2, 0.25) is 0 Å². The highest BCUT2D eigenvalue weighted by molar-refractivity contribution is 5.94. The minimum Gasteiger partial charge on any atom is -0.488 e. The van der Waals surface area contributed by atoms with E-state index in [4.69, 9.17) is 9.73 Å². The van der Waals surface area contributed by atoms with Gasteiger partial charge in [0.1, 0.15) is 11.4 Å². The number of amides is 1. The number of benzene rings is 2. The average Bonchev–Trinajstić information content (AvgIpc) is 2.71. The molecule has 0 bridgehead atoms. The molecule has 0 aliphatic carbocycles. The van der Waals surface area contributed by atoms with Crippen LogP contribution in [0.4, 0.5) is 0 Å². The van der Waals surface area contributed by atoms with Crippen molar-refractivity contribution in [1.82, 2.24) is 15.5 Å². The zero-order chi connectivity index (χ0) is 23.7. The van der Waals surface area contributed by atoms with Crippen molar-refractivity contribution in [2.24, 2.45) is 4.99 Å². The first kappa shape index (κ1) is 25.2. The molecule has 0 aliphatic rings. The third kappa shape index (κ3) is 8.25. The van der Waals surface area contributed by atoms with Gasteiger partial charge in [0.05, 0.1) is 6.54 Å². The molecule has 0 unspecified atom stereocenters. The van der Waals surface area contributed by atoms with Crippen molar-refractivity contribution in [3.63, 3.8) is 0 Å². The maximum Gasteiger partial charge on any atom is 0.253 e. The van der Waals surface area contributed by atoms with Crippen LogP contribution in [0.5, 0.6) is 5.75 Å². The summed E-state index contributed by atoms with van der Waals surface area (Å²) in [5.74, 6) is 1.65. The molecule has 2 N–H and O–H groups in total. The molecule has 174 valence electrons. The number of hydrogen-bond donors (Lipinski definition) is 2. The van der Waals surface area contributed by atoms with Gasteiger partial charge < -0.3 is 20.3 Å². The number of ether oxygens (including phenoxy) is 1. The lowest BCUT2D eigenvalue weighted by atomic mass is 10.1. The van der Waals surface area contributed by atoms with Gasteiger partial charge in [0.15, 0.2) is 5.96 Å². The SMILES string of the molecule is CCNC(=NCc1ccc(C)cc1OC(C)(C)C)NCCc1cccc(C(=O)N(C)C)c1. The Hall–Kier alpha value is -3.02. The van der Waals surface area contributed by atoms with E-state index in [1.165, 1.54) is 0 Å². The average molecular weight is 439 g/mol. The van der Waals surface area contributed by atoms with Gasteiger partial charge in [-0.3, -0.25) is 4.79 Å². The van der Waals surface area contributed by atoms with Crippen LogP contribution in [-0.4, -0.2) is 49.6 Å². The Morgan fingerprint density at radius 3 is 2.50 bits per heavy atom. The molecular weight excluding hydrogens is 400 g/mol. The first-order chi connectivity index (χ1) is 15.1. The molecule has 0 spiro atoms. The van der Waals surface area contributed by atoms with E-state index in [9.17, 15) is 4.79 Å². The molecule has 0 aliphatic heterocycles. The van der Waals surface area contributed by atoms with Crippen molar-refractivity contribution >= 4 is 11.9 Å². The third-order valence-corrected chi connectivity index (χ3v) is 4.68. The van der Waals surface area contributed by atoms with Crippen molar-refractivity contribution < 1.29 is 9.53 Å². The second-order valence-corrected chi connectivity index (χ2v) is 9.10. The maximum absolute atomic E-state index is 12.2.